The Morgan fingerprint density at radius 3 is 2.59 bits per heavy atom. The highest BCUT2D eigenvalue weighted by Crippen LogP contribution is 2.38. The summed E-state index contributed by atoms with van der Waals surface area (Å²) < 4.78 is 5.04. The van der Waals surface area contributed by atoms with Crippen LogP contribution in [0.5, 0.6) is 0 Å². The van der Waals surface area contributed by atoms with Crippen LogP contribution in [0, 0.1) is 6.92 Å². The molecule has 1 fully saturated rings. The minimum atomic E-state index is -0.544. The van der Waals surface area contributed by atoms with Crippen LogP contribution in [-0.4, -0.2) is 53.4 Å². The molecule has 0 aliphatic carbocycles. The Kier molecular flexibility index (Phi) is 3.88. The van der Waals surface area contributed by atoms with E-state index in [0.29, 0.717) is 18.4 Å². The number of benzene rings is 1. The van der Waals surface area contributed by atoms with Gasteiger partial charge in [-0.3, -0.25) is 4.90 Å². The van der Waals surface area contributed by atoms with E-state index in [1.54, 1.807) is 6.92 Å². The third-order valence-corrected chi connectivity index (χ3v) is 4.58. The Morgan fingerprint density at radius 2 is 2.05 bits per heavy atom. The molecule has 1 aliphatic rings. The summed E-state index contributed by atoms with van der Waals surface area (Å²) in [7, 11) is 4.04. The van der Waals surface area contributed by atoms with Gasteiger partial charge in [0.25, 0.3) is 5.95 Å². The Hall–Kier alpha value is -1.92. The van der Waals surface area contributed by atoms with E-state index in [1.807, 2.05) is 37.2 Å². The quantitative estimate of drug-likeness (QED) is 0.924. The summed E-state index contributed by atoms with van der Waals surface area (Å²) in [5.74, 6) is 1.09. The minimum absolute atomic E-state index is 0.392. The van der Waals surface area contributed by atoms with E-state index in [9.17, 15) is 5.11 Å². The number of aliphatic hydroxyl groups is 1. The second kappa shape index (κ2) is 5.70. The smallest absolute Gasteiger partial charge is 0.266 e. The second-order valence-electron chi connectivity index (χ2n) is 6.01. The van der Waals surface area contributed by atoms with Crippen molar-refractivity contribution >= 4 is 5.95 Å². The number of aromatic nitrogens is 2. The Morgan fingerprint density at radius 1 is 1.32 bits per heavy atom. The highest BCUT2D eigenvalue weighted by molar-refractivity contribution is 5.35. The van der Waals surface area contributed by atoms with Crippen LogP contribution in [0.2, 0.25) is 0 Å². The highest BCUT2D eigenvalue weighted by atomic mass is 16.5. The van der Waals surface area contributed by atoms with Crippen molar-refractivity contribution < 1.29 is 9.63 Å². The Balaban J connectivity index is 1.89. The van der Waals surface area contributed by atoms with Crippen LogP contribution in [0.4, 0.5) is 5.95 Å². The third kappa shape index (κ3) is 2.38. The maximum Gasteiger partial charge on any atom is 0.266 e. The zero-order chi connectivity index (χ0) is 15.7. The predicted octanol–water partition coefficient (Wildman–Crippen LogP) is 1.41. The maximum absolute atomic E-state index is 10.9. The summed E-state index contributed by atoms with van der Waals surface area (Å²) in [5.41, 5.74) is 0.743. The van der Waals surface area contributed by atoms with E-state index in [4.69, 9.17) is 4.52 Å². The Bertz CT molecular complexity index is 628. The molecule has 0 radical (unpaired) electrons. The Labute approximate surface area is 130 Å². The topological polar surface area (TPSA) is 65.6 Å². The van der Waals surface area contributed by atoms with E-state index >= 15 is 0 Å². The fourth-order valence-corrected chi connectivity index (χ4v) is 3.37. The van der Waals surface area contributed by atoms with Crippen molar-refractivity contribution in [2.75, 3.05) is 32.1 Å². The van der Waals surface area contributed by atoms with Gasteiger partial charge in [-0.1, -0.05) is 30.3 Å². The van der Waals surface area contributed by atoms with Gasteiger partial charge in [0, 0.05) is 20.0 Å². The predicted molar refractivity (Wildman–Crippen MR) is 83.7 cm³/mol. The minimum Gasteiger partial charge on any atom is -0.389 e. The molecule has 1 N–H and O–H groups in total. The average Bonchev–Trinajstić information content (AvgIpc) is 2.94. The number of rotatable bonds is 3. The van der Waals surface area contributed by atoms with Crippen LogP contribution >= 0.6 is 0 Å². The molecule has 0 bridgehead atoms. The van der Waals surface area contributed by atoms with Crippen molar-refractivity contribution in [3.8, 4) is 0 Å². The van der Waals surface area contributed by atoms with Gasteiger partial charge in [0.15, 0.2) is 0 Å². The van der Waals surface area contributed by atoms with Gasteiger partial charge in [-0.2, -0.15) is 4.98 Å². The van der Waals surface area contributed by atoms with Crippen molar-refractivity contribution in [1.29, 1.82) is 0 Å². The molecule has 22 heavy (non-hydrogen) atoms. The van der Waals surface area contributed by atoms with Crippen molar-refractivity contribution in [2.45, 2.75) is 25.0 Å². The van der Waals surface area contributed by atoms with Crippen LogP contribution in [0.1, 0.15) is 17.9 Å². The standard InChI is InChI=1S/C16H22N4O2/c1-12-17-15(18-22-12)20-10-9-16(19(2)3,14(21)11-20)13-7-5-4-6-8-13/h4-8,14,21H,9-11H2,1-3H3/t14-,16+/m1/s1. The zero-order valence-corrected chi connectivity index (χ0v) is 13.2. The molecule has 3 rings (SSSR count). The number of aliphatic hydroxyl groups excluding tert-OH is 1. The second-order valence-corrected chi connectivity index (χ2v) is 6.01. The molecule has 0 saturated carbocycles. The van der Waals surface area contributed by atoms with Gasteiger partial charge >= 0.3 is 0 Å². The van der Waals surface area contributed by atoms with E-state index in [0.717, 1.165) is 18.5 Å². The largest absolute Gasteiger partial charge is 0.389 e. The average molecular weight is 302 g/mol. The third-order valence-electron chi connectivity index (χ3n) is 4.58. The van der Waals surface area contributed by atoms with Gasteiger partial charge in [-0.15, -0.1) is 0 Å². The molecule has 118 valence electrons. The lowest BCUT2D eigenvalue weighted by Gasteiger charge is -2.49. The number of hydrogen-bond acceptors (Lipinski definition) is 6. The molecule has 0 spiro atoms. The van der Waals surface area contributed by atoms with Gasteiger partial charge in [0.05, 0.1) is 11.6 Å². The molecule has 1 aliphatic heterocycles. The summed E-state index contributed by atoms with van der Waals surface area (Å²) in [6, 6.07) is 10.2. The number of nitrogens with zero attached hydrogens (tertiary/aromatic N) is 4. The summed E-state index contributed by atoms with van der Waals surface area (Å²) >= 11 is 0. The van der Waals surface area contributed by atoms with Crippen LogP contribution in [-0.2, 0) is 5.54 Å². The summed E-state index contributed by atoms with van der Waals surface area (Å²) in [4.78, 5) is 8.35. The van der Waals surface area contributed by atoms with Crippen LogP contribution in [0.15, 0.2) is 34.9 Å². The fraction of sp³-hybridized carbons (Fsp3) is 0.500. The molecule has 0 amide bonds. The molecule has 6 nitrogen and oxygen atoms in total. The number of β-amino-alcohol motifs (C(OH)–C–C–N with tert-alkyl or cyclic N) is 1. The normalized spacial score (nSPS) is 25.7. The van der Waals surface area contributed by atoms with Gasteiger partial charge in [0.2, 0.25) is 5.89 Å². The van der Waals surface area contributed by atoms with E-state index in [-0.39, 0.29) is 0 Å². The molecule has 0 unspecified atom stereocenters. The molecule has 6 heteroatoms. The van der Waals surface area contributed by atoms with Crippen molar-refractivity contribution in [3.05, 3.63) is 41.8 Å². The molecule has 2 atom stereocenters. The first-order chi connectivity index (χ1) is 10.5. The first-order valence-electron chi connectivity index (χ1n) is 7.50. The highest BCUT2D eigenvalue weighted by Gasteiger charge is 2.46. The first kappa shape index (κ1) is 15.0. The maximum atomic E-state index is 10.9. The van der Waals surface area contributed by atoms with Gasteiger partial charge in [-0.05, 0) is 31.2 Å². The molecule has 1 saturated heterocycles. The van der Waals surface area contributed by atoms with Gasteiger partial charge in [0.1, 0.15) is 0 Å². The SMILES string of the molecule is Cc1nc(N2CC[C@@](c3ccccc3)(N(C)C)[C@H](O)C2)no1. The molecular formula is C16H22N4O2. The van der Waals surface area contributed by atoms with Crippen LogP contribution in [0.3, 0.4) is 0 Å². The van der Waals surface area contributed by atoms with E-state index < -0.39 is 11.6 Å². The molecular weight excluding hydrogens is 280 g/mol. The first-order valence-corrected chi connectivity index (χ1v) is 7.50. The number of hydrogen-bond donors (Lipinski definition) is 1. The molecule has 1 aromatic carbocycles. The lowest BCUT2D eigenvalue weighted by Crippen LogP contribution is -2.60. The van der Waals surface area contributed by atoms with Gasteiger partial charge < -0.3 is 14.5 Å². The van der Waals surface area contributed by atoms with Crippen molar-refractivity contribution in [2.24, 2.45) is 0 Å². The number of anilines is 1. The summed E-state index contributed by atoms with van der Waals surface area (Å²) in [6.45, 7) is 3.01. The number of aryl methyl sites for hydroxylation is 1. The van der Waals surface area contributed by atoms with Crippen LogP contribution < -0.4 is 4.90 Å². The molecule has 2 aromatic rings. The number of piperidine rings is 1. The van der Waals surface area contributed by atoms with Crippen molar-refractivity contribution in [1.82, 2.24) is 15.0 Å². The monoisotopic (exact) mass is 302 g/mol. The number of likely N-dealkylation sites (N-methyl/N-ethyl adjacent to an activating group) is 1. The lowest BCUT2D eigenvalue weighted by molar-refractivity contribution is -0.0249. The summed E-state index contributed by atoms with van der Waals surface area (Å²) in [6.07, 6.45) is 0.246. The fourth-order valence-electron chi connectivity index (χ4n) is 3.37. The molecule has 2 heterocycles. The summed E-state index contributed by atoms with van der Waals surface area (Å²) in [5, 5.41) is 14.9. The zero-order valence-electron chi connectivity index (χ0n) is 13.2. The van der Waals surface area contributed by atoms with E-state index in [2.05, 4.69) is 27.2 Å². The van der Waals surface area contributed by atoms with Crippen LogP contribution in [0.25, 0.3) is 0 Å². The molecule has 1 aromatic heterocycles. The van der Waals surface area contributed by atoms with E-state index in [1.165, 1.54) is 0 Å². The lowest BCUT2D eigenvalue weighted by atomic mass is 9.77. The van der Waals surface area contributed by atoms with Gasteiger partial charge in [-0.25, -0.2) is 0 Å². The van der Waals surface area contributed by atoms with Crippen molar-refractivity contribution in [3.63, 3.8) is 0 Å².